The molecular formula is C13H22N4OS. The summed E-state index contributed by atoms with van der Waals surface area (Å²) in [5.74, 6) is 0.581. The number of carbonyl (C=O) groups excluding carboxylic acids is 1. The molecule has 2 rings (SSSR count). The summed E-state index contributed by atoms with van der Waals surface area (Å²) >= 11 is 1.46. The van der Waals surface area contributed by atoms with Gasteiger partial charge in [-0.2, -0.15) is 0 Å². The molecular weight excluding hydrogens is 260 g/mol. The van der Waals surface area contributed by atoms with Crippen LogP contribution in [0.3, 0.4) is 0 Å². The average Bonchev–Trinajstić information content (AvgIpc) is 2.76. The van der Waals surface area contributed by atoms with Crippen LogP contribution in [0.2, 0.25) is 0 Å². The average molecular weight is 282 g/mol. The van der Waals surface area contributed by atoms with Crippen molar-refractivity contribution in [1.29, 1.82) is 0 Å². The maximum atomic E-state index is 11.5. The molecule has 0 radical (unpaired) electrons. The molecule has 1 unspecified atom stereocenters. The Balaban J connectivity index is 1.88. The fourth-order valence-electron chi connectivity index (χ4n) is 2.32. The molecule has 5 nitrogen and oxygen atoms in total. The number of hydrogen-bond donors (Lipinski definition) is 2. The molecule has 0 saturated carbocycles. The molecule has 106 valence electrons. The van der Waals surface area contributed by atoms with Gasteiger partial charge in [0.15, 0.2) is 5.13 Å². The van der Waals surface area contributed by atoms with Crippen LogP contribution >= 0.6 is 11.3 Å². The number of carbonyl (C=O) groups is 1. The van der Waals surface area contributed by atoms with Crippen molar-refractivity contribution in [1.82, 2.24) is 9.88 Å². The van der Waals surface area contributed by atoms with Crippen molar-refractivity contribution in [3.63, 3.8) is 0 Å². The van der Waals surface area contributed by atoms with Gasteiger partial charge in [0.1, 0.15) is 0 Å². The molecule has 1 aromatic heterocycles. The van der Waals surface area contributed by atoms with E-state index in [9.17, 15) is 4.79 Å². The second kappa shape index (κ2) is 6.45. The van der Waals surface area contributed by atoms with E-state index in [-0.39, 0.29) is 5.91 Å². The summed E-state index contributed by atoms with van der Waals surface area (Å²) in [4.78, 5) is 18.3. The first kappa shape index (κ1) is 14.4. The lowest BCUT2D eigenvalue weighted by Crippen LogP contribution is -2.34. The van der Waals surface area contributed by atoms with Crippen molar-refractivity contribution in [3.8, 4) is 0 Å². The van der Waals surface area contributed by atoms with Gasteiger partial charge < -0.3 is 11.1 Å². The molecule has 1 amide bonds. The third kappa shape index (κ3) is 4.26. The zero-order valence-electron chi connectivity index (χ0n) is 11.6. The van der Waals surface area contributed by atoms with Crippen molar-refractivity contribution in [2.75, 3.05) is 18.4 Å². The lowest BCUT2D eigenvalue weighted by molar-refractivity contribution is -0.117. The number of nitrogens with zero attached hydrogens (tertiary/aromatic N) is 2. The Labute approximate surface area is 118 Å². The summed E-state index contributed by atoms with van der Waals surface area (Å²) in [5.41, 5.74) is 6.54. The Kier molecular flexibility index (Phi) is 4.90. The quantitative estimate of drug-likeness (QED) is 0.881. The zero-order chi connectivity index (χ0) is 13.8. The van der Waals surface area contributed by atoms with Gasteiger partial charge in [0.25, 0.3) is 0 Å². The van der Waals surface area contributed by atoms with Gasteiger partial charge >= 0.3 is 0 Å². The van der Waals surface area contributed by atoms with Gasteiger partial charge in [-0.25, -0.2) is 4.98 Å². The topological polar surface area (TPSA) is 71.2 Å². The van der Waals surface area contributed by atoms with Crippen molar-refractivity contribution in [3.05, 3.63) is 11.1 Å². The SMILES string of the molecule is CC1CCCN(Cc2csc(NC(=O)[C@@H](C)N)n2)C1. The summed E-state index contributed by atoms with van der Waals surface area (Å²) in [5, 5.41) is 5.38. The summed E-state index contributed by atoms with van der Waals surface area (Å²) in [6, 6.07) is -0.504. The first-order valence-corrected chi connectivity index (χ1v) is 7.65. The summed E-state index contributed by atoms with van der Waals surface area (Å²) in [7, 11) is 0. The molecule has 3 N–H and O–H groups in total. The van der Waals surface area contributed by atoms with Crippen LogP contribution in [0.1, 0.15) is 32.4 Å². The van der Waals surface area contributed by atoms with Gasteiger partial charge in [0, 0.05) is 18.5 Å². The molecule has 1 aliphatic rings. The van der Waals surface area contributed by atoms with Gasteiger partial charge in [-0.15, -0.1) is 11.3 Å². The number of piperidine rings is 1. The fourth-order valence-corrected chi connectivity index (χ4v) is 3.02. The number of nitrogens with one attached hydrogen (secondary N) is 1. The molecule has 0 aromatic carbocycles. The van der Waals surface area contributed by atoms with E-state index in [0.717, 1.165) is 31.2 Å². The van der Waals surface area contributed by atoms with E-state index >= 15 is 0 Å². The largest absolute Gasteiger partial charge is 0.320 e. The monoisotopic (exact) mass is 282 g/mol. The minimum atomic E-state index is -0.504. The van der Waals surface area contributed by atoms with Crippen LogP contribution in [0.15, 0.2) is 5.38 Å². The van der Waals surface area contributed by atoms with Gasteiger partial charge in [-0.05, 0) is 32.2 Å². The van der Waals surface area contributed by atoms with E-state index in [1.165, 1.54) is 24.2 Å². The molecule has 1 aliphatic heterocycles. The van der Waals surface area contributed by atoms with Gasteiger partial charge in [0.2, 0.25) is 5.91 Å². The molecule has 0 bridgehead atoms. The first-order chi connectivity index (χ1) is 9.04. The summed E-state index contributed by atoms with van der Waals surface area (Å²) in [6.45, 7) is 7.11. The Hall–Kier alpha value is -0.980. The van der Waals surface area contributed by atoms with Crippen LogP contribution < -0.4 is 11.1 Å². The van der Waals surface area contributed by atoms with E-state index in [4.69, 9.17) is 5.73 Å². The highest BCUT2D eigenvalue weighted by molar-refractivity contribution is 7.13. The minimum absolute atomic E-state index is 0.188. The van der Waals surface area contributed by atoms with Crippen LogP contribution in [0.25, 0.3) is 0 Å². The van der Waals surface area contributed by atoms with Crippen LogP contribution in [0.4, 0.5) is 5.13 Å². The highest BCUT2D eigenvalue weighted by Crippen LogP contribution is 2.20. The standard InChI is InChI=1S/C13H22N4OS/c1-9-4-3-5-17(6-9)7-11-8-19-13(15-11)16-12(18)10(2)14/h8-10H,3-7,14H2,1-2H3,(H,15,16,18)/t9?,10-/m1/s1. The fraction of sp³-hybridized carbons (Fsp3) is 0.692. The predicted molar refractivity (Wildman–Crippen MR) is 78.1 cm³/mol. The number of nitrogens with two attached hydrogens (primary N) is 1. The zero-order valence-corrected chi connectivity index (χ0v) is 12.4. The molecule has 19 heavy (non-hydrogen) atoms. The number of hydrogen-bond acceptors (Lipinski definition) is 5. The second-order valence-corrected chi connectivity index (χ2v) is 6.26. The summed E-state index contributed by atoms with van der Waals surface area (Å²) in [6.07, 6.45) is 2.59. The lowest BCUT2D eigenvalue weighted by Gasteiger charge is -2.30. The van der Waals surface area contributed by atoms with Crippen LogP contribution in [0, 0.1) is 5.92 Å². The van der Waals surface area contributed by atoms with E-state index in [1.807, 2.05) is 5.38 Å². The number of anilines is 1. The van der Waals surface area contributed by atoms with E-state index < -0.39 is 6.04 Å². The lowest BCUT2D eigenvalue weighted by atomic mass is 10.0. The van der Waals surface area contributed by atoms with E-state index in [2.05, 4.69) is 22.1 Å². The van der Waals surface area contributed by atoms with Gasteiger partial charge in [0.05, 0.1) is 11.7 Å². The first-order valence-electron chi connectivity index (χ1n) is 6.78. The highest BCUT2D eigenvalue weighted by Gasteiger charge is 2.17. The maximum Gasteiger partial charge on any atom is 0.242 e. The minimum Gasteiger partial charge on any atom is -0.320 e. The molecule has 2 heterocycles. The number of thiazole rings is 1. The van der Waals surface area contributed by atoms with Crippen molar-refractivity contribution in [2.24, 2.45) is 11.7 Å². The van der Waals surface area contributed by atoms with Gasteiger partial charge in [-0.1, -0.05) is 6.92 Å². The molecule has 6 heteroatoms. The molecule has 1 fully saturated rings. The third-order valence-corrected chi connectivity index (χ3v) is 4.13. The van der Waals surface area contributed by atoms with E-state index in [0.29, 0.717) is 5.13 Å². The molecule has 1 aromatic rings. The van der Waals surface area contributed by atoms with Crippen LogP contribution in [-0.4, -0.2) is 34.9 Å². The number of rotatable bonds is 4. The number of aromatic nitrogens is 1. The Morgan fingerprint density at radius 2 is 2.53 bits per heavy atom. The predicted octanol–water partition coefficient (Wildman–Crippen LogP) is 1.66. The van der Waals surface area contributed by atoms with Crippen molar-refractivity contribution >= 4 is 22.4 Å². The highest BCUT2D eigenvalue weighted by atomic mass is 32.1. The van der Waals surface area contributed by atoms with E-state index in [1.54, 1.807) is 6.92 Å². The Bertz CT molecular complexity index is 432. The molecule has 0 spiro atoms. The summed E-state index contributed by atoms with van der Waals surface area (Å²) < 4.78 is 0. The molecule has 1 saturated heterocycles. The third-order valence-electron chi connectivity index (χ3n) is 3.32. The van der Waals surface area contributed by atoms with Crippen LogP contribution in [-0.2, 0) is 11.3 Å². The second-order valence-electron chi connectivity index (χ2n) is 5.40. The maximum absolute atomic E-state index is 11.5. The Morgan fingerprint density at radius 3 is 3.21 bits per heavy atom. The van der Waals surface area contributed by atoms with Crippen molar-refractivity contribution < 1.29 is 4.79 Å². The van der Waals surface area contributed by atoms with Gasteiger partial charge in [-0.3, -0.25) is 9.69 Å². The van der Waals surface area contributed by atoms with Crippen LogP contribution in [0.5, 0.6) is 0 Å². The number of likely N-dealkylation sites (tertiary alicyclic amines) is 1. The normalized spacial score (nSPS) is 22.2. The molecule has 2 atom stereocenters. The number of amides is 1. The molecule has 0 aliphatic carbocycles. The Morgan fingerprint density at radius 1 is 1.74 bits per heavy atom. The smallest absolute Gasteiger partial charge is 0.242 e. The van der Waals surface area contributed by atoms with Crippen molar-refractivity contribution in [2.45, 2.75) is 39.3 Å².